The average molecular weight is 279 g/mol. The summed E-state index contributed by atoms with van der Waals surface area (Å²) in [7, 11) is 2.17. The van der Waals surface area contributed by atoms with Crippen LogP contribution < -0.4 is 5.73 Å². The fourth-order valence-electron chi connectivity index (χ4n) is 2.98. The van der Waals surface area contributed by atoms with Gasteiger partial charge in [-0.15, -0.1) is 0 Å². The highest BCUT2D eigenvalue weighted by Gasteiger charge is 2.26. The third-order valence-corrected chi connectivity index (χ3v) is 4.55. The van der Waals surface area contributed by atoms with Crippen molar-refractivity contribution in [3.8, 4) is 0 Å². The van der Waals surface area contributed by atoms with Gasteiger partial charge in [0.2, 0.25) is 5.95 Å². The molecule has 0 aliphatic carbocycles. The molecule has 1 aromatic heterocycles. The lowest BCUT2D eigenvalue weighted by molar-refractivity contribution is 0.159. The van der Waals surface area contributed by atoms with Crippen LogP contribution in [-0.2, 0) is 0 Å². The first-order valence-corrected chi connectivity index (χ1v) is 7.08. The number of rotatable bonds is 1. The third-order valence-electron chi connectivity index (χ3n) is 4.24. The minimum absolute atomic E-state index is 0.412. The smallest absolute Gasteiger partial charge is 0.201 e. The van der Waals surface area contributed by atoms with Gasteiger partial charge in [0.05, 0.1) is 10.5 Å². The Morgan fingerprint density at radius 1 is 1.42 bits per heavy atom. The van der Waals surface area contributed by atoms with E-state index in [1.54, 1.807) is 0 Å². The molecular weight excluding hydrogens is 260 g/mol. The molecule has 0 saturated carbocycles. The molecule has 5 heteroatoms. The lowest BCUT2D eigenvalue weighted by Crippen LogP contribution is -2.38. The molecule has 2 atom stereocenters. The van der Waals surface area contributed by atoms with Crippen LogP contribution >= 0.6 is 11.6 Å². The van der Waals surface area contributed by atoms with Gasteiger partial charge in [0.15, 0.2) is 0 Å². The number of hydrogen-bond donors (Lipinski definition) is 1. The average Bonchev–Trinajstić information content (AvgIpc) is 2.71. The molecule has 2 N–H and O–H groups in total. The first-order valence-electron chi connectivity index (χ1n) is 6.70. The van der Waals surface area contributed by atoms with Gasteiger partial charge in [0, 0.05) is 18.6 Å². The fraction of sp³-hybridized carbons (Fsp3) is 0.500. The minimum atomic E-state index is 0.412. The zero-order chi connectivity index (χ0) is 13.6. The predicted molar refractivity (Wildman–Crippen MR) is 79.5 cm³/mol. The van der Waals surface area contributed by atoms with Crippen LogP contribution in [-0.4, -0.2) is 34.1 Å². The highest BCUT2D eigenvalue weighted by molar-refractivity contribution is 6.35. The van der Waals surface area contributed by atoms with Gasteiger partial charge < -0.3 is 15.2 Å². The monoisotopic (exact) mass is 278 g/mol. The number of para-hydroxylation sites is 1. The van der Waals surface area contributed by atoms with Crippen LogP contribution in [0.15, 0.2) is 18.2 Å². The number of imidazole rings is 1. The number of benzene rings is 1. The lowest BCUT2D eigenvalue weighted by atomic mass is 9.98. The van der Waals surface area contributed by atoms with E-state index in [1.165, 1.54) is 0 Å². The van der Waals surface area contributed by atoms with E-state index in [0.717, 1.165) is 30.4 Å². The molecule has 2 unspecified atom stereocenters. The standard InChI is InChI=1S/C14H19ClN4/c1-9-8-10(6-7-18(9)2)19-12-5-3-4-11(15)13(12)17-14(19)16/h3-5,9-10H,6-8H2,1-2H3,(H2,16,17). The van der Waals surface area contributed by atoms with Crippen LogP contribution in [0.25, 0.3) is 11.0 Å². The molecule has 2 aromatic rings. The third kappa shape index (κ3) is 2.09. The molecule has 3 rings (SSSR count). The number of aromatic nitrogens is 2. The number of halogens is 1. The molecule has 19 heavy (non-hydrogen) atoms. The Kier molecular flexibility index (Phi) is 3.15. The number of piperidine rings is 1. The zero-order valence-electron chi connectivity index (χ0n) is 11.3. The van der Waals surface area contributed by atoms with Crippen molar-refractivity contribution in [3.63, 3.8) is 0 Å². The minimum Gasteiger partial charge on any atom is -0.369 e. The van der Waals surface area contributed by atoms with Crippen LogP contribution in [0.2, 0.25) is 5.02 Å². The van der Waals surface area contributed by atoms with Gasteiger partial charge in [0.1, 0.15) is 5.52 Å². The van der Waals surface area contributed by atoms with Crippen molar-refractivity contribution in [2.45, 2.75) is 31.8 Å². The van der Waals surface area contributed by atoms with Crippen LogP contribution in [0, 0.1) is 0 Å². The molecule has 4 nitrogen and oxygen atoms in total. The Morgan fingerprint density at radius 3 is 2.95 bits per heavy atom. The summed E-state index contributed by atoms with van der Waals surface area (Å²) in [5, 5.41) is 0.670. The molecule has 1 aliphatic rings. The van der Waals surface area contributed by atoms with Gasteiger partial charge in [-0.25, -0.2) is 4.98 Å². The first kappa shape index (κ1) is 12.8. The molecular formula is C14H19ClN4. The maximum Gasteiger partial charge on any atom is 0.201 e. The molecule has 0 amide bonds. The van der Waals surface area contributed by atoms with E-state index in [1.807, 2.05) is 18.2 Å². The summed E-state index contributed by atoms with van der Waals surface area (Å²) >= 11 is 6.19. The largest absolute Gasteiger partial charge is 0.369 e. The summed E-state index contributed by atoms with van der Waals surface area (Å²) in [5.41, 5.74) is 7.97. The van der Waals surface area contributed by atoms with Crippen molar-refractivity contribution < 1.29 is 0 Å². The van der Waals surface area contributed by atoms with Crippen molar-refractivity contribution in [2.24, 2.45) is 0 Å². The van der Waals surface area contributed by atoms with Crippen LogP contribution in [0.5, 0.6) is 0 Å². The second kappa shape index (κ2) is 4.69. The van der Waals surface area contributed by atoms with E-state index in [-0.39, 0.29) is 0 Å². The summed E-state index contributed by atoms with van der Waals surface area (Å²) < 4.78 is 2.16. The summed E-state index contributed by atoms with van der Waals surface area (Å²) in [5.74, 6) is 0.574. The summed E-state index contributed by atoms with van der Waals surface area (Å²) in [4.78, 5) is 6.81. The fourth-order valence-corrected chi connectivity index (χ4v) is 3.20. The Bertz CT molecular complexity index is 607. The van der Waals surface area contributed by atoms with Crippen LogP contribution in [0.3, 0.4) is 0 Å². The topological polar surface area (TPSA) is 47.1 Å². The number of fused-ring (bicyclic) bond motifs is 1. The predicted octanol–water partition coefficient (Wildman–Crippen LogP) is 2.93. The Hall–Kier alpha value is -1.26. The number of nitrogens with two attached hydrogens (primary N) is 1. The van der Waals surface area contributed by atoms with Gasteiger partial charge >= 0.3 is 0 Å². The molecule has 1 fully saturated rings. The summed E-state index contributed by atoms with van der Waals surface area (Å²) in [6, 6.07) is 6.84. The number of hydrogen-bond acceptors (Lipinski definition) is 3. The van der Waals surface area contributed by atoms with E-state index < -0.39 is 0 Å². The van der Waals surface area contributed by atoms with Gasteiger partial charge in [-0.05, 0) is 38.9 Å². The normalized spacial score (nSPS) is 25.0. The number of likely N-dealkylation sites (tertiary alicyclic amines) is 1. The van der Waals surface area contributed by atoms with Crippen molar-refractivity contribution in [3.05, 3.63) is 23.2 Å². The maximum atomic E-state index is 6.19. The molecule has 0 bridgehead atoms. The summed E-state index contributed by atoms with van der Waals surface area (Å²) in [6.45, 7) is 3.35. The molecule has 0 spiro atoms. The second-order valence-electron chi connectivity index (χ2n) is 5.46. The van der Waals surface area contributed by atoms with E-state index in [9.17, 15) is 0 Å². The van der Waals surface area contributed by atoms with E-state index in [4.69, 9.17) is 17.3 Å². The maximum absolute atomic E-state index is 6.19. The second-order valence-corrected chi connectivity index (χ2v) is 5.86. The molecule has 2 heterocycles. The lowest BCUT2D eigenvalue weighted by Gasteiger charge is -2.36. The quantitative estimate of drug-likeness (QED) is 0.872. The van der Waals surface area contributed by atoms with Crippen molar-refractivity contribution in [1.82, 2.24) is 14.5 Å². The van der Waals surface area contributed by atoms with Gasteiger partial charge in [-0.3, -0.25) is 0 Å². The van der Waals surface area contributed by atoms with Gasteiger partial charge in [0.25, 0.3) is 0 Å². The molecule has 0 radical (unpaired) electrons. The highest BCUT2D eigenvalue weighted by atomic mass is 35.5. The van der Waals surface area contributed by atoms with Crippen molar-refractivity contribution >= 4 is 28.6 Å². The Labute approximate surface area is 118 Å². The Balaban J connectivity index is 2.05. The SMILES string of the molecule is CC1CC(n2c(N)nc3c(Cl)cccc32)CCN1C. The zero-order valence-corrected chi connectivity index (χ0v) is 12.1. The van der Waals surface area contributed by atoms with Crippen molar-refractivity contribution in [1.29, 1.82) is 0 Å². The van der Waals surface area contributed by atoms with Crippen molar-refractivity contribution in [2.75, 3.05) is 19.3 Å². The molecule has 1 aliphatic heterocycles. The molecule has 1 saturated heterocycles. The highest BCUT2D eigenvalue weighted by Crippen LogP contribution is 2.33. The number of nitrogen functional groups attached to an aromatic ring is 1. The van der Waals surface area contributed by atoms with E-state index in [2.05, 4.69) is 28.4 Å². The number of anilines is 1. The Morgan fingerprint density at radius 2 is 2.21 bits per heavy atom. The van der Waals surface area contributed by atoms with Gasteiger partial charge in [-0.1, -0.05) is 17.7 Å². The molecule has 1 aromatic carbocycles. The summed E-state index contributed by atoms with van der Waals surface area (Å²) in [6.07, 6.45) is 2.20. The molecule has 102 valence electrons. The number of nitrogens with zero attached hydrogens (tertiary/aromatic N) is 3. The van der Waals surface area contributed by atoms with Crippen LogP contribution in [0.1, 0.15) is 25.8 Å². The first-order chi connectivity index (χ1) is 9.08. The van der Waals surface area contributed by atoms with E-state index >= 15 is 0 Å². The van der Waals surface area contributed by atoms with Crippen LogP contribution in [0.4, 0.5) is 5.95 Å². The van der Waals surface area contributed by atoms with Gasteiger partial charge in [-0.2, -0.15) is 0 Å². The van der Waals surface area contributed by atoms with E-state index in [0.29, 0.717) is 23.1 Å².